The highest BCUT2D eigenvalue weighted by Crippen LogP contribution is 2.35. The summed E-state index contributed by atoms with van der Waals surface area (Å²) < 4.78 is 6.55. The van der Waals surface area contributed by atoms with E-state index >= 15 is 0 Å². The second kappa shape index (κ2) is 9.41. The molecule has 1 unspecified atom stereocenters. The van der Waals surface area contributed by atoms with Gasteiger partial charge in [-0.05, 0) is 54.8 Å². The minimum atomic E-state index is -1.24. The molecule has 0 saturated carbocycles. The van der Waals surface area contributed by atoms with Crippen LogP contribution in [0.1, 0.15) is 30.8 Å². The summed E-state index contributed by atoms with van der Waals surface area (Å²) in [5.41, 5.74) is 1.71. The summed E-state index contributed by atoms with van der Waals surface area (Å²) in [4.78, 5) is 18.5. The quantitative estimate of drug-likeness (QED) is 0.301. The highest BCUT2D eigenvalue weighted by atomic mass is 16.5. The summed E-state index contributed by atoms with van der Waals surface area (Å²) in [5.74, 6) is 1.03. The van der Waals surface area contributed by atoms with Gasteiger partial charge in [-0.1, -0.05) is 60.7 Å². The molecule has 4 aromatic rings. The molecule has 4 rings (SSSR count). The molecule has 0 aliphatic rings. The van der Waals surface area contributed by atoms with Crippen LogP contribution in [0.4, 0.5) is 4.79 Å². The van der Waals surface area contributed by atoms with E-state index in [1.54, 1.807) is 13.1 Å². The zero-order chi connectivity index (χ0) is 24.2. The molecule has 1 amide bonds. The number of ether oxygens (including phenoxy) is 1. The van der Waals surface area contributed by atoms with E-state index < -0.39 is 23.8 Å². The Hall–Kier alpha value is -4.10. The number of rotatable bonds is 8. The average molecular weight is 458 g/mol. The maximum atomic E-state index is 11.1. The summed E-state index contributed by atoms with van der Waals surface area (Å²) in [5, 5.41) is 21.1. The first-order valence-electron chi connectivity index (χ1n) is 10.9. The van der Waals surface area contributed by atoms with Crippen LogP contribution in [-0.4, -0.2) is 32.9 Å². The van der Waals surface area contributed by atoms with Gasteiger partial charge in [0.25, 0.3) is 0 Å². The topological polar surface area (TPSA) is 107 Å². The second-order valence-corrected chi connectivity index (χ2v) is 8.46. The van der Waals surface area contributed by atoms with Gasteiger partial charge < -0.3 is 25.3 Å². The lowest BCUT2D eigenvalue weighted by Gasteiger charge is -2.32. The lowest BCUT2D eigenvalue weighted by Crippen LogP contribution is -2.46. The number of amides is 1. The lowest BCUT2D eigenvalue weighted by atomic mass is 9.88. The number of carbonyl (C=O) groups is 1. The van der Waals surface area contributed by atoms with Crippen LogP contribution in [0.15, 0.2) is 91.1 Å². The molecule has 174 valence electrons. The van der Waals surface area contributed by atoms with Crippen molar-refractivity contribution >= 4 is 6.09 Å². The number of aliphatic hydroxyl groups is 1. The van der Waals surface area contributed by atoms with Crippen LogP contribution in [-0.2, 0) is 11.1 Å². The van der Waals surface area contributed by atoms with Crippen LogP contribution in [0, 0.1) is 0 Å². The first-order valence-corrected chi connectivity index (χ1v) is 10.9. The van der Waals surface area contributed by atoms with Gasteiger partial charge >= 0.3 is 6.09 Å². The van der Waals surface area contributed by atoms with E-state index in [1.165, 1.54) is 0 Å². The molecule has 3 aromatic carbocycles. The Balaban J connectivity index is 1.60. The number of nitrogens with one attached hydrogen (secondary N) is 2. The molecular formula is C27H27N3O4. The molecule has 7 heteroatoms. The van der Waals surface area contributed by atoms with Crippen LogP contribution in [0.3, 0.4) is 0 Å². The molecule has 1 atom stereocenters. The summed E-state index contributed by atoms with van der Waals surface area (Å²) in [6, 6.07) is 27.8. The number of nitrogens with zero attached hydrogens (tertiary/aromatic N) is 1. The van der Waals surface area contributed by atoms with Crippen LogP contribution >= 0.6 is 0 Å². The molecule has 0 fully saturated rings. The number of carboxylic acid groups (broad SMARTS) is 1. The van der Waals surface area contributed by atoms with Gasteiger partial charge in [-0.3, -0.25) is 0 Å². The molecule has 0 spiro atoms. The maximum Gasteiger partial charge on any atom is 0.405 e. The third kappa shape index (κ3) is 4.65. The fraction of sp³-hybridized carbons (Fsp3) is 0.185. The molecule has 0 bridgehead atoms. The summed E-state index contributed by atoms with van der Waals surface area (Å²) in [7, 11) is 0. The Labute approximate surface area is 198 Å². The third-order valence-corrected chi connectivity index (χ3v) is 5.93. The Morgan fingerprint density at radius 2 is 1.50 bits per heavy atom. The van der Waals surface area contributed by atoms with E-state index in [9.17, 15) is 9.90 Å². The monoisotopic (exact) mass is 457 g/mol. The fourth-order valence-electron chi connectivity index (χ4n) is 3.89. The van der Waals surface area contributed by atoms with Crippen LogP contribution in [0.25, 0.3) is 11.3 Å². The zero-order valence-electron chi connectivity index (χ0n) is 19.0. The number of benzene rings is 3. The first-order chi connectivity index (χ1) is 16.3. The van der Waals surface area contributed by atoms with Gasteiger partial charge in [0.1, 0.15) is 17.1 Å². The van der Waals surface area contributed by atoms with Crippen LogP contribution in [0.5, 0.6) is 5.75 Å². The summed E-state index contributed by atoms with van der Waals surface area (Å²) >= 11 is 0. The predicted octanol–water partition coefficient (Wildman–Crippen LogP) is 4.89. The molecule has 4 N–H and O–H groups in total. The molecule has 0 aliphatic heterocycles. The van der Waals surface area contributed by atoms with E-state index in [1.807, 2.05) is 60.7 Å². The van der Waals surface area contributed by atoms with Crippen molar-refractivity contribution in [3.05, 3.63) is 108 Å². The van der Waals surface area contributed by atoms with Crippen molar-refractivity contribution < 1.29 is 19.7 Å². The van der Waals surface area contributed by atoms with Crippen molar-refractivity contribution in [2.45, 2.75) is 25.0 Å². The number of imidazole rings is 1. The highest BCUT2D eigenvalue weighted by molar-refractivity contribution is 5.66. The second-order valence-electron chi connectivity index (χ2n) is 8.46. The van der Waals surface area contributed by atoms with Gasteiger partial charge in [0.15, 0.2) is 5.60 Å². The van der Waals surface area contributed by atoms with E-state index in [-0.39, 0.29) is 0 Å². The number of H-pyrrole nitrogens is 1. The number of aromatic nitrogens is 2. The molecule has 1 heterocycles. The van der Waals surface area contributed by atoms with Gasteiger partial charge in [0.05, 0.1) is 18.5 Å². The van der Waals surface area contributed by atoms with Crippen molar-refractivity contribution in [1.29, 1.82) is 0 Å². The van der Waals surface area contributed by atoms with Crippen molar-refractivity contribution in [2.75, 3.05) is 6.61 Å². The Kier molecular flexibility index (Phi) is 6.38. The largest absolute Gasteiger partial charge is 0.478 e. The van der Waals surface area contributed by atoms with Crippen molar-refractivity contribution in [3.8, 4) is 17.0 Å². The average Bonchev–Trinajstić information content (AvgIpc) is 3.36. The number of hydrogen-bond acceptors (Lipinski definition) is 4. The fourth-order valence-corrected chi connectivity index (χ4v) is 3.89. The lowest BCUT2D eigenvalue weighted by molar-refractivity contribution is 0.132. The minimum absolute atomic E-state index is 0.327. The molecule has 0 saturated heterocycles. The predicted molar refractivity (Wildman–Crippen MR) is 130 cm³/mol. The number of aromatic amines is 1. The zero-order valence-corrected chi connectivity index (χ0v) is 19.0. The first kappa shape index (κ1) is 23.1. The smallest absolute Gasteiger partial charge is 0.405 e. The summed E-state index contributed by atoms with van der Waals surface area (Å²) in [6.45, 7) is 3.18. The Morgan fingerprint density at radius 3 is 2.00 bits per heavy atom. The van der Waals surface area contributed by atoms with Gasteiger partial charge in [-0.15, -0.1) is 0 Å². The van der Waals surface area contributed by atoms with Gasteiger partial charge in [-0.25, -0.2) is 9.78 Å². The highest BCUT2D eigenvalue weighted by Gasteiger charge is 2.32. The molecule has 0 radical (unpaired) electrons. The Morgan fingerprint density at radius 1 is 0.941 bits per heavy atom. The molecule has 7 nitrogen and oxygen atoms in total. The van der Waals surface area contributed by atoms with Crippen LogP contribution in [0.2, 0.25) is 0 Å². The molecular weight excluding hydrogens is 430 g/mol. The third-order valence-electron chi connectivity index (χ3n) is 5.93. The van der Waals surface area contributed by atoms with Crippen LogP contribution < -0.4 is 10.1 Å². The standard InChI is InChI=1S/C27H27N3O4/c1-26(18-31,30-25(32)33)24-28-17-23(29-24)19-13-15-22(16-14-19)34-27(2,20-9-5-3-6-10-20)21-11-7-4-8-12-21/h3-17,30-31H,18H2,1-2H3,(H,28,29)(H,32,33). The van der Waals surface area contributed by atoms with Crippen molar-refractivity contribution in [3.63, 3.8) is 0 Å². The minimum Gasteiger partial charge on any atom is -0.478 e. The van der Waals surface area contributed by atoms with E-state index in [0.717, 1.165) is 16.7 Å². The number of aliphatic hydroxyl groups excluding tert-OH is 1. The molecule has 34 heavy (non-hydrogen) atoms. The summed E-state index contributed by atoms with van der Waals surface area (Å²) in [6.07, 6.45) is 0.372. The van der Waals surface area contributed by atoms with Crippen molar-refractivity contribution in [1.82, 2.24) is 15.3 Å². The maximum absolute atomic E-state index is 11.1. The van der Waals surface area contributed by atoms with E-state index in [2.05, 4.69) is 46.5 Å². The SMILES string of the molecule is CC(CO)(NC(=O)O)c1ncc(-c2ccc(OC(C)(c3ccccc3)c3ccccc3)cc2)[nH]1. The van der Waals surface area contributed by atoms with E-state index in [0.29, 0.717) is 17.3 Å². The van der Waals surface area contributed by atoms with Gasteiger partial charge in [0.2, 0.25) is 0 Å². The van der Waals surface area contributed by atoms with E-state index in [4.69, 9.17) is 9.84 Å². The molecule has 1 aromatic heterocycles. The van der Waals surface area contributed by atoms with Gasteiger partial charge in [0, 0.05) is 0 Å². The number of hydrogen-bond donors (Lipinski definition) is 4. The van der Waals surface area contributed by atoms with Gasteiger partial charge in [-0.2, -0.15) is 0 Å². The molecule has 0 aliphatic carbocycles. The normalized spacial score (nSPS) is 13.1. The van der Waals surface area contributed by atoms with Crippen molar-refractivity contribution in [2.24, 2.45) is 0 Å². The Bertz CT molecular complexity index is 1200.